The first-order chi connectivity index (χ1) is 17.8. The average Bonchev–Trinajstić information content (AvgIpc) is 2.81. The average molecular weight is 546 g/mol. The minimum Gasteiger partial charge on any atom is -0.481 e. The van der Waals surface area contributed by atoms with Crippen LogP contribution in [0.4, 0.5) is 0 Å². The molecular weight excluding hydrogens is 506 g/mol. The number of primary amides is 1. The molecule has 0 radical (unpaired) electrons. The highest BCUT2D eigenvalue weighted by Crippen LogP contribution is 2.07. The Hall–Kier alpha value is -3.99. The number of carboxylic acids is 2. The number of carbonyl (C=O) groups is 6. The van der Waals surface area contributed by atoms with Gasteiger partial charge in [-0.2, -0.15) is 0 Å². The third kappa shape index (κ3) is 15.2. The molecule has 0 saturated carbocycles. The number of amides is 4. The number of hydrogen-bond acceptors (Lipinski definition) is 9. The Morgan fingerprint density at radius 1 is 0.737 bits per heavy atom. The minimum atomic E-state index is -1.44. The summed E-state index contributed by atoms with van der Waals surface area (Å²) in [7, 11) is 0. The predicted molar refractivity (Wildman–Crippen MR) is 135 cm³/mol. The molecule has 0 saturated heterocycles. The van der Waals surface area contributed by atoms with Gasteiger partial charge >= 0.3 is 11.9 Å². The van der Waals surface area contributed by atoms with E-state index in [-0.39, 0.29) is 44.6 Å². The fraction of sp³-hybridized carbons (Fsp3) is 0.667. The Labute approximate surface area is 219 Å². The second-order valence-corrected chi connectivity index (χ2v) is 8.46. The number of guanidine groups is 1. The lowest BCUT2D eigenvalue weighted by Gasteiger charge is -2.25. The van der Waals surface area contributed by atoms with Gasteiger partial charge in [0.25, 0.3) is 0 Å². The molecule has 0 aromatic carbocycles. The van der Waals surface area contributed by atoms with Crippen molar-refractivity contribution in [1.29, 1.82) is 0 Å². The second kappa shape index (κ2) is 18.3. The van der Waals surface area contributed by atoms with Crippen LogP contribution >= 0.6 is 0 Å². The first kappa shape index (κ1) is 34.0. The summed E-state index contributed by atoms with van der Waals surface area (Å²) in [5, 5.41) is 25.4. The standard InChI is InChI=1S/C21H39N9O8/c22-8-2-1-4-12(19(36)30-14(20(37)38)6-7-15(24)31)29-18(35)13(5-3-9-27-21(25)26)28-17(34)11(23)10-16(32)33/h11-14H,1-10,22-23H2,(H2,24,31)(H,28,34)(H,29,35)(H,30,36)(H,32,33)(H,37,38)(H4,25,26,27). The molecule has 0 aromatic heterocycles. The minimum absolute atomic E-state index is 0.00163. The Morgan fingerprint density at radius 2 is 1.26 bits per heavy atom. The van der Waals surface area contributed by atoms with Gasteiger partial charge in [0.15, 0.2) is 5.96 Å². The van der Waals surface area contributed by atoms with Crippen LogP contribution in [0.3, 0.4) is 0 Å². The van der Waals surface area contributed by atoms with E-state index in [9.17, 15) is 33.9 Å². The Morgan fingerprint density at radius 3 is 1.74 bits per heavy atom. The number of aliphatic carboxylic acids is 2. The number of nitrogens with zero attached hydrogens (tertiary/aromatic N) is 1. The highest BCUT2D eigenvalue weighted by molar-refractivity contribution is 5.94. The highest BCUT2D eigenvalue weighted by Gasteiger charge is 2.30. The normalized spacial score (nSPS) is 13.7. The quantitative estimate of drug-likeness (QED) is 0.0395. The number of carboxylic acid groups (broad SMARTS) is 2. The van der Waals surface area contributed by atoms with Crippen LogP contribution < -0.4 is 44.6 Å². The van der Waals surface area contributed by atoms with Gasteiger partial charge in [-0.15, -0.1) is 0 Å². The van der Waals surface area contributed by atoms with E-state index in [1.165, 1.54) is 0 Å². The summed E-state index contributed by atoms with van der Waals surface area (Å²) < 4.78 is 0. The molecule has 38 heavy (non-hydrogen) atoms. The molecule has 4 unspecified atom stereocenters. The summed E-state index contributed by atoms with van der Waals surface area (Å²) in [5.41, 5.74) is 26.7. The van der Waals surface area contributed by atoms with Crippen LogP contribution in [-0.2, 0) is 28.8 Å². The van der Waals surface area contributed by atoms with E-state index in [1.54, 1.807) is 0 Å². The molecule has 0 aromatic rings. The maximum absolute atomic E-state index is 13.1. The molecule has 0 rings (SSSR count). The largest absolute Gasteiger partial charge is 0.481 e. The third-order valence-electron chi connectivity index (χ3n) is 5.18. The molecule has 0 heterocycles. The summed E-state index contributed by atoms with van der Waals surface area (Å²) in [5.74, 6) is -6.19. The SMILES string of the molecule is NCCCCC(NC(=O)C(CCCN=C(N)N)NC(=O)C(N)CC(=O)O)C(=O)NC(CCC(N)=O)C(=O)O. The van der Waals surface area contributed by atoms with E-state index in [4.69, 9.17) is 33.8 Å². The number of aliphatic imine (C=N–C) groups is 1. The Balaban J connectivity index is 5.66. The number of nitrogens with one attached hydrogen (secondary N) is 3. The number of hydrogen-bond donors (Lipinski definition) is 10. The van der Waals surface area contributed by atoms with Gasteiger partial charge in [-0.1, -0.05) is 0 Å². The molecule has 17 heteroatoms. The number of unbranched alkanes of at least 4 members (excludes halogenated alkanes) is 1. The van der Waals surface area contributed by atoms with E-state index in [2.05, 4.69) is 20.9 Å². The van der Waals surface area contributed by atoms with Crippen LogP contribution in [0, 0.1) is 0 Å². The first-order valence-electron chi connectivity index (χ1n) is 11.9. The zero-order chi connectivity index (χ0) is 29.3. The van der Waals surface area contributed by atoms with Crippen molar-refractivity contribution in [3.05, 3.63) is 0 Å². The molecule has 0 aliphatic heterocycles. The van der Waals surface area contributed by atoms with Gasteiger partial charge in [0.2, 0.25) is 23.6 Å². The zero-order valence-electron chi connectivity index (χ0n) is 21.1. The smallest absolute Gasteiger partial charge is 0.326 e. The predicted octanol–water partition coefficient (Wildman–Crippen LogP) is -4.22. The molecule has 0 aliphatic rings. The van der Waals surface area contributed by atoms with E-state index < -0.39 is 66.2 Å². The third-order valence-corrected chi connectivity index (χ3v) is 5.18. The number of carbonyl (C=O) groups excluding carboxylic acids is 4. The summed E-state index contributed by atoms with van der Waals surface area (Å²) in [6, 6.07) is -5.33. The lowest BCUT2D eigenvalue weighted by Crippen LogP contribution is -2.57. The maximum atomic E-state index is 13.1. The summed E-state index contributed by atoms with van der Waals surface area (Å²) in [6.45, 7) is 0.424. The second-order valence-electron chi connectivity index (χ2n) is 8.46. The van der Waals surface area contributed by atoms with Crippen LogP contribution in [-0.4, -0.2) is 89.0 Å². The molecule has 4 atom stereocenters. The van der Waals surface area contributed by atoms with Crippen molar-refractivity contribution in [1.82, 2.24) is 16.0 Å². The van der Waals surface area contributed by atoms with E-state index >= 15 is 0 Å². The van der Waals surface area contributed by atoms with Gasteiger partial charge in [-0.05, 0) is 45.1 Å². The summed E-state index contributed by atoms with van der Waals surface area (Å²) in [4.78, 5) is 75.6. The number of rotatable bonds is 20. The van der Waals surface area contributed by atoms with Crippen molar-refractivity contribution < 1.29 is 39.0 Å². The van der Waals surface area contributed by atoms with E-state index in [0.29, 0.717) is 19.4 Å². The number of nitrogens with two attached hydrogens (primary N) is 5. The molecule has 0 aliphatic carbocycles. The summed E-state index contributed by atoms with van der Waals surface area (Å²) in [6.07, 6.45) is -0.00726. The van der Waals surface area contributed by atoms with Crippen molar-refractivity contribution in [2.24, 2.45) is 33.7 Å². The molecule has 0 bridgehead atoms. The monoisotopic (exact) mass is 545 g/mol. The fourth-order valence-electron chi connectivity index (χ4n) is 3.18. The molecule has 4 amide bonds. The van der Waals surface area contributed by atoms with E-state index in [1.807, 2.05) is 0 Å². The lowest BCUT2D eigenvalue weighted by atomic mass is 10.0. The molecule has 0 fully saturated rings. The van der Waals surface area contributed by atoms with Crippen LogP contribution in [0.1, 0.15) is 51.4 Å². The van der Waals surface area contributed by atoms with Crippen LogP contribution in [0.15, 0.2) is 4.99 Å². The molecule has 17 nitrogen and oxygen atoms in total. The Bertz CT molecular complexity index is 864. The molecule has 216 valence electrons. The summed E-state index contributed by atoms with van der Waals surface area (Å²) >= 11 is 0. The molecule has 15 N–H and O–H groups in total. The van der Waals surface area contributed by atoms with Gasteiger partial charge in [-0.25, -0.2) is 4.79 Å². The zero-order valence-corrected chi connectivity index (χ0v) is 21.1. The first-order valence-corrected chi connectivity index (χ1v) is 11.9. The molecule has 0 spiro atoms. The van der Waals surface area contributed by atoms with Crippen molar-refractivity contribution in [3.63, 3.8) is 0 Å². The Kier molecular flexibility index (Phi) is 16.4. The van der Waals surface area contributed by atoms with Gasteiger partial charge < -0.3 is 54.8 Å². The van der Waals surface area contributed by atoms with Crippen LogP contribution in [0.2, 0.25) is 0 Å². The maximum Gasteiger partial charge on any atom is 0.326 e. The van der Waals surface area contributed by atoms with Gasteiger partial charge in [0.05, 0.1) is 12.5 Å². The van der Waals surface area contributed by atoms with Crippen molar-refractivity contribution >= 4 is 41.5 Å². The lowest BCUT2D eigenvalue weighted by molar-refractivity contribution is -0.142. The molecular formula is C21H39N9O8. The van der Waals surface area contributed by atoms with Gasteiger partial charge in [0.1, 0.15) is 18.1 Å². The van der Waals surface area contributed by atoms with Crippen molar-refractivity contribution in [2.45, 2.75) is 75.5 Å². The van der Waals surface area contributed by atoms with Gasteiger partial charge in [-0.3, -0.25) is 29.0 Å². The van der Waals surface area contributed by atoms with Crippen LogP contribution in [0.25, 0.3) is 0 Å². The van der Waals surface area contributed by atoms with E-state index in [0.717, 1.165) is 0 Å². The van der Waals surface area contributed by atoms with Crippen molar-refractivity contribution in [2.75, 3.05) is 13.1 Å². The van der Waals surface area contributed by atoms with Crippen molar-refractivity contribution in [3.8, 4) is 0 Å². The van der Waals surface area contributed by atoms with Crippen LogP contribution in [0.5, 0.6) is 0 Å². The topological polar surface area (TPSA) is 321 Å². The fourth-order valence-corrected chi connectivity index (χ4v) is 3.18. The highest BCUT2D eigenvalue weighted by atomic mass is 16.4. The van der Waals surface area contributed by atoms with Gasteiger partial charge in [0, 0.05) is 13.0 Å².